The Kier molecular flexibility index (Phi) is 7.58. The topological polar surface area (TPSA) is 117 Å². The Morgan fingerprint density at radius 2 is 1.86 bits per heavy atom. The van der Waals surface area contributed by atoms with Crippen molar-refractivity contribution in [1.82, 2.24) is 15.4 Å². The molecule has 0 aliphatic rings. The molecule has 2 aromatic rings. The van der Waals surface area contributed by atoms with Crippen molar-refractivity contribution in [1.29, 1.82) is 0 Å². The van der Waals surface area contributed by atoms with Crippen molar-refractivity contribution < 1.29 is 16.8 Å². The number of nitrogens with one attached hydrogen (secondary N) is 3. The smallest absolute Gasteiger partial charge is 0.250 e. The fourth-order valence-corrected chi connectivity index (χ4v) is 5.53. The second kappa shape index (κ2) is 9.50. The van der Waals surface area contributed by atoms with E-state index in [1.165, 1.54) is 6.26 Å². The van der Waals surface area contributed by atoms with Crippen LogP contribution < -0.4 is 15.4 Å². The third kappa shape index (κ3) is 6.30. The minimum absolute atomic E-state index is 0.211. The van der Waals surface area contributed by atoms with Crippen LogP contribution in [-0.4, -0.2) is 49.2 Å². The van der Waals surface area contributed by atoms with Crippen molar-refractivity contribution in [3.05, 3.63) is 46.8 Å². The van der Waals surface area contributed by atoms with Gasteiger partial charge in [0.1, 0.15) is 4.21 Å². The highest BCUT2D eigenvalue weighted by Crippen LogP contribution is 2.16. The Bertz CT molecular complexity index is 1030. The van der Waals surface area contributed by atoms with E-state index >= 15 is 0 Å². The number of benzene rings is 1. The predicted octanol–water partition coefficient (Wildman–Crippen LogP) is 1.10. The summed E-state index contributed by atoms with van der Waals surface area (Å²) in [5.74, 6) is 0.514. The van der Waals surface area contributed by atoms with Crippen molar-refractivity contribution in [2.24, 2.45) is 4.99 Å². The highest BCUT2D eigenvalue weighted by Gasteiger charge is 2.14. The first-order valence-electron chi connectivity index (χ1n) is 8.41. The number of aliphatic imine (C=N–C) groups is 1. The van der Waals surface area contributed by atoms with Gasteiger partial charge in [0.05, 0.1) is 4.90 Å². The molecule has 0 fully saturated rings. The molecule has 0 unspecified atom stereocenters. The molecule has 11 heteroatoms. The maximum atomic E-state index is 12.0. The van der Waals surface area contributed by atoms with Crippen LogP contribution in [0.25, 0.3) is 0 Å². The molecule has 0 amide bonds. The summed E-state index contributed by atoms with van der Waals surface area (Å²) in [6.07, 6.45) is 1.19. The van der Waals surface area contributed by atoms with Crippen LogP contribution in [0.3, 0.4) is 0 Å². The van der Waals surface area contributed by atoms with E-state index in [0.717, 1.165) is 16.9 Å². The van der Waals surface area contributed by atoms with Crippen LogP contribution >= 0.6 is 11.3 Å². The first kappa shape index (κ1) is 22.3. The number of sulfone groups is 1. The van der Waals surface area contributed by atoms with Crippen LogP contribution in [0.15, 0.2) is 49.8 Å². The van der Waals surface area contributed by atoms with Crippen molar-refractivity contribution in [2.75, 3.05) is 26.4 Å². The van der Waals surface area contributed by atoms with Crippen LogP contribution in [0.5, 0.6) is 0 Å². The molecule has 2 rings (SSSR count). The largest absolute Gasteiger partial charge is 0.355 e. The van der Waals surface area contributed by atoms with Crippen LogP contribution in [0.4, 0.5) is 0 Å². The van der Waals surface area contributed by atoms with Crippen LogP contribution in [0.1, 0.15) is 11.1 Å². The number of hydrogen-bond acceptors (Lipinski definition) is 6. The van der Waals surface area contributed by atoms with Gasteiger partial charge in [0.2, 0.25) is 10.0 Å². The number of guanidine groups is 1. The molecule has 0 atom stereocenters. The fraction of sp³-hybridized carbons (Fsp3) is 0.353. The number of hydrogen-bond donors (Lipinski definition) is 3. The van der Waals surface area contributed by atoms with Crippen molar-refractivity contribution in [3.63, 3.8) is 0 Å². The molecular formula is C17H24N4O4S3. The predicted molar refractivity (Wildman–Crippen MR) is 112 cm³/mol. The highest BCUT2D eigenvalue weighted by atomic mass is 32.2. The van der Waals surface area contributed by atoms with Gasteiger partial charge in [0.25, 0.3) is 0 Å². The number of thiophene rings is 1. The van der Waals surface area contributed by atoms with E-state index in [1.807, 2.05) is 6.07 Å². The molecule has 1 aromatic carbocycles. The van der Waals surface area contributed by atoms with E-state index in [0.29, 0.717) is 29.5 Å². The molecule has 0 spiro atoms. The zero-order chi connectivity index (χ0) is 20.8. The summed E-state index contributed by atoms with van der Waals surface area (Å²) >= 11 is 1.16. The minimum atomic E-state index is -3.48. The Morgan fingerprint density at radius 1 is 1.11 bits per heavy atom. The molecule has 8 nitrogen and oxygen atoms in total. The molecule has 28 heavy (non-hydrogen) atoms. The summed E-state index contributed by atoms with van der Waals surface area (Å²) in [5, 5.41) is 7.85. The molecule has 0 aliphatic heterocycles. The van der Waals surface area contributed by atoms with E-state index in [9.17, 15) is 16.8 Å². The van der Waals surface area contributed by atoms with Gasteiger partial charge in [-0.25, -0.2) is 21.6 Å². The van der Waals surface area contributed by atoms with Gasteiger partial charge in [0, 0.05) is 32.9 Å². The van der Waals surface area contributed by atoms with Gasteiger partial charge in [-0.2, -0.15) is 0 Å². The average Bonchev–Trinajstić information content (AvgIpc) is 3.15. The number of aryl methyl sites for hydroxylation is 1. The summed E-state index contributed by atoms with van der Waals surface area (Å²) in [7, 11) is -5.11. The number of nitrogens with zero attached hydrogens (tertiary/aromatic N) is 1. The molecule has 0 saturated heterocycles. The first-order valence-corrected chi connectivity index (χ1v) is 12.7. The molecule has 3 N–H and O–H groups in total. The molecule has 0 radical (unpaired) electrons. The van der Waals surface area contributed by atoms with Crippen molar-refractivity contribution in [2.45, 2.75) is 22.6 Å². The Labute approximate surface area is 170 Å². The molecule has 154 valence electrons. The van der Waals surface area contributed by atoms with E-state index in [2.05, 4.69) is 20.3 Å². The van der Waals surface area contributed by atoms with Crippen molar-refractivity contribution >= 4 is 37.2 Å². The SMILES string of the molecule is CN=C(NCCNS(=O)(=O)c1cccs1)NCc1ccc(S(C)(=O)=O)c(C)c1. The van der Waals surface area contributed by atoms with E-state index in [4.69, 9.17) is 0 Å². The molecule has 0 aliphatic carbocycles. The summed E-state index contributed by atoms with van der Waals surface area (Å²) in [6.45, 7) is 2.78. The maximum absolute atomic E-state index is 12.0. The second-order valence-electron chi connectivity index (χ2n) is 6.05. The third-order valence-electron chi connectivity index (χ3n) is 3.79. The van der Waals surface area contributed by atoms with Gasteiger partial charge < -0.3 is 10.6 Å². The molecule has 1 aromatic heterocycles. The average molecular weight is 445 g/mol. The molecule has 0 bridgehead atoms. The van der Waals surface area contributed by atoms with Gasteiger partial charge in [0.15, 0.2) is 15.8 Å². The van der Waals surface area contributed by atoms with E-state index < -0.39 is 19.9 Å². The minimum Gasteiger partial charge on any atom is -0.355 e. The monoisotopic (exact) mass is 444 g/mol. The van der Waals surface area contributed by atoms with Gasteiger partial charge in [-0.3, -0.25) is 4.99 Å². The summed E-state index contributed by atoms with van der Waals surface area (Å²) in [5.41, 5.74) is 1.60. The number of rotatable bonds is 8. The number of sulfonamides is 1. The lowest BCUT2D eigenvalue weighted by atomic mass is 10.1. The van der Waals surface area contributed by atoms with Crippen molar-refractivity contribution in [3.8, 4) is 0 Å². The molecular weight excluding hydrogens is 420 g/mol. The van der Waals surface area contributed by atoms with E-state index in [1.54, 1.807) is 43.6 Å². The van der Waals surface area contributed by atoms with Gasteiger partial charge in [-0.15, -0.1) is 11.3 Å². The summed E-state index contributed by atoms with van der Waals surface area (Å²) in [4.78, 5) is 4.41. The lowest BCUT2D eigenvalue weighted by Gasteiger charge is -2.13. The zero-order valence-corrected chi connectivity index (χ0v) is 18.3. The van der Waals surface area contributed by atoms with Crippen LogP contribution in [-0.2, 0) is 26.4 Å². The summed E-state index contributed by atoms with van der Waals surface area (Å²) in [6, 6.07) is 8.40. The second-order valence-corrected chi connectivity index (χ2v) is 11.0. The Balaban J connectivity index is 1.83. The third-order valence-corrected chi connectivity index (χ3v) is 7.91. The lowest BCUT2D eigenvalue weighted by molar-refractivity contribution is 0.582. The molecule has 1 heterocycles. The normalized spacial score (nSPS) is 12.8. The fourth-order valence-electron chi connectivity index (χ4n) is 2.50. The van der Waals surface area contributed by atoms with Gasteiger partial charge in [-0.1, -0.05) is 18.2 Å². The van der Waals surface area contributed by atoms with Crippen LogP contribution in [0, 0.1) is 6.92 Å². The quantitative estimate of drug-likeness (QED) is 0.319. The zero-order valence-electron chi connectivity index (χ0n) is 15.9. The standard InChI is InChI=1S/C17H24N4O4S3/c1-13-11-14(6-7-15(13)27(3,22)23)12-20-17(18-2)19-8-9-21-28(24,25)16-5-4-10-26-16/h4-7,10-11,21H,8-9,12H2,1-3H3,(H2,18,19,20). The Hall–Kier alpha value is -1.95. The first-order chi connectivity index (χ1) is 13.1. The Morgan fingerprint density at radius 3 is 2.43 bits per heavy atom. The van der Waals surface area contributed by atoms with Gasteiger partial charge in [-0.05, 0) is 35.6 Å². The van der Waals surface area contributed by atoms with Crippen LogP contribution in [0.2, 0.25) is 0 Å². The highest BCUT2D eigenvalue weighted by molar-refractivity contribution is 7.91. The summed E-state index contributed by atoms with van der Waals surface area (Å²) < 4.78 is 50.2. The maximum Gasteiger partial charge on any atom is 0.250 e. The molecule has 0 saturated carbocycles. The van der Waals surface area contributed by atoms with Gasteiger partial charge >= 0.3 is 0 Å². The van der Waals surface area contributed by atoms with E-state index in [-0.39, 0.29) is 10.8 Å². The lowest BCUT2D eigenvalue weighted by Crippen LogP contribution is -2.41.